The Morgan fingerprint density at radius 3 is 2.64 bits per heavy atom. The van der Waals surface area contributed by atoms with Gasteiger partial charge in [0.2, 0.25) is 0 Å². The van der Waals surface area contributed by atoms with E-state index < -0.39 is 15.7 Å². The molecule has 0 aliphatic carbocycles. The number of hydrogen-bond acceptors (Lipinski definition) is 3. The Morgan fingerprint density at radius 1 is 1.50 bits per heavy atom. The van der Waals surface area contributed by atoms with Gasteiger partial charge in [-0.15, -0.1) is 0 Å². The van der Waals surface area contributed by atoms with Crippen molar-refractivity contribution in [3.63, 3.8) is 0 Å². The Kier molecular flexibility index (Phi) is 3.52. The molecule has 1 rings (SSSR count). The van der Waals surface area contributed by atoms with Gasteiger partial charge >= 0.3 is 0 Å². The summed E-state index contributed by atoms with van der Waals surface area (Å²) >= 11 is 0. The van der Waals surface area contributed by atoms with Crippen LogP contribution in [-0.4, -0.2) is 44.6 Å². The fourth-order valence-electron chi connectivity index (χ4n) is 1.55. The van der Waals surface area contributed by atoms with Crippen molar-refractivity contribution in [1.82, 2.24) is 9.03 Å². The molecule has 0 radical (unpaired) electrons. The Labute approximate surface area is 85.6 Å². The van der Waals surface area contributed by atoms with Crippen LogP contribution in [0.4, 0.5) is 0 Å². The third kappa shape index (κ3) is 2.44. The second kappa shape index (κ2) is 4.14. The molecule has 84 valence electrons. The largest absolute Gasteiger partial charge is 0.378 e. The van der Waals surface area contributed by atoms with Crippen LogP contribution in [0.15, 0.2) is 0 Å². The molecule has 14 heavy (non-hydrogen) atoms. The lowest BCUT2D eigenvalue weighted by Gasteiger charge is -2.40. The van der Waals surface area contributed by atoms with E-state index in [2.05, 4.69) is 4.72 Å². The van der Waals surface area contributed by atoms with Crippen molar-refractivity contribution in [2.45, 2.75) is 26.3 Å². The van der Waals surface area contributed by atoms with Crippen molar-refractivity contribution in [3.05, 3.63) is 0 Å². The molecule has 5 nitrogen and oxygen atoms in total. The third-order valence-corrected chi connectivity index (χ3v) is 4.10. The maximum atomic E-state index is 11.8. The van der Waals surface area contributed by atoms with Gasteiger partial charge in [0.25, 0.3) is 10.2 Å². The van der Waals surface area contributed by atoms with Crippen molar-refractivity contribution in [2.24, 2.45) is 0 Å². The molecule has 0 atom stereocenters. The minimum Gasteiger partial charge on any atom is -0.378 e. The summed E-state index contributed by atoms with van der Waals surface area (Å²) in [4.78, 5) is 0. The van der Waals surface area contributed by atoms with Gasteiger partial charge in [0.1, 0.15) is 0 Å². The molecule has 1 N–H and O–H groups in total. The van der Waals surface area contributed by atoms with Gasteiger partial charge < -0.3 is 4.74 Å². The number of hydrogen-bond donors (Lipinski definition) is 1. The van der Waals surface area contributed by atoms with E-state index in [0.717, 1.165) is 0 Å². The number of ether oxygens (including phenoxy) is 1. The second-order valence-electron chi connectivity index (χ2n) is 3.94. The maximum absolute atomic E-state index is 11.8. The standard InChI is InChI=1S/C8H18N2O3S/c1-4-9-14(11,12)10-5-6-13-7-8(10,2)3/h9H,4-7H2,1-3H3. The topological polar surface area (TPSA) is 58.6 Å². The first kappa shape index (κ1) is 11.9. The monoisotopic (exact) mass is 222 g/mol. The molecule has 1 aliphatic rings. The quantitative estimate of drug-likeness (QED) is 0.728. The molecule has 0 aromatic heterocycles. The molecule has 0 amide bonds. The summed E-state index contributed by atoms with van der Waals surface area (Å²) < 4.78 is 32.7. The number of rotatable bonds is 3. The molecule has 0 saturated carbocycles. The van der Waals surface area contributed by atoms with Crippen LogP contribution in [0.5, 0.6) is 0 Å². The first-order valence-corrected chi connectivity index (χ1v) is 6.19. The molecular weight excluding hydrogens is 204 g/mol. The van der Waals surface area contributed by atoms with Gasteiger partial charge in [-0.25, -0.2) is 4.72 Å². The zero-order chi connectivity index (χ0) is 10.8. The van der Waals surface area contributed by atoms with Crippen molar-refractivity contribution in [2.75, 3.05) is 26.3 Å². The number of morpholine rings is 1. The molecule has 6 heteroatoms. The lowest BCUT2D eigenvalue weighted by molar-refractivity contribution is -0.00826. The molecule has 0 unspecified atom stereocenters. The minimum atomic E-state index is -3.34. The van der Waals surface area contributed by atoms with Gasteiger partial charge in [-0.1, -0.05) is 6.92 Å². The first-order chi connectivity index (χ1) is 6.40. The van der Waals surface area contributed by atoms with Gasteiger partial charge in [0.15, 0.2) is 0 Å². The van der Waals surface area contributed by atoms with Crippen LogP contribution in [-0.2, 0) is 14.9 Å². The number of nitrogens with one attached hydrogen (secondary N) is 1. The molecule has 1 aliphatic heterocycles. The van der Waals surface area contributed by atoms with Crippen LogP contribution in [0.2, 0.25) is 0 Å². The van der Waals surface area contributed by atoms with E-state index >= 15 is 0 Å². The molecule has 0 spiro atoms. The van der Waals surface area contributed by atoms with Gasteiger partial charge in [0.05, 0.1) is 18.8 Å². The summed E-state index contributed by atoms with van der Waals surface area (Å²) in [5, 5.41) is 0. The van der Waals surface area contributed by atoms with Crippen molar-refractivity contribution in [3.8, 4) is 0 Å². The molecule has 0 bridgehead atoms. The average Bonchev–Trinajstić information content (AvgIpc) is 2.02. The van der Waals surface area contributed by atoms with Crippen molar-refractivity contribution >= 4 is 10.2 Å². The van der Waals surface area contributed by atoms with Gasteiger partial charge in [-0.05, 0) is 13.8 Å². The minimum absolute atomic E-state index is 0.412. The first-order valence-electron chi connectivity index (χ1n) is 4.75. The SMILES string of the molecule is CCNS(=O)(=O)N1CCOCC1(C)C. The fourth-order valence-corrected chi connectivity index (χ4v) is 3.09. The lowest BCUT2D eigenvalue weighted by atomic mass is 10.1. The van der Waals surface area contributed by atoms with Crippen LogP contribution >= 0.6 is 0 Å². The molecule has 0 aromatic rings. The predicted octanol–water partition coefficient (Wildman–Crippen LogP) is -0.0485. The van der Waals surface area contributed by atoms with Crippen LogP contribution < -0.4 is 4.72 Å². The third-order valence-electron chi connectivity index (χ3n) is 2.19. The highest BCUT2D eigenvalue weighted by atomic mass is 32.2. The average molecular weight is 222 g/mol. The highest BCUT2D eigenvalue weighted by molar-refractivity contribution is 7.87. The van der Waals surface area contributed by atoms with E-state index in [1.165, 1.54) is 4.31 Å². The van der Waals surface area contributed by atoms with Gasteiger partial charge in [-0.2, -0.15) is 12.7 Å². The highest BCUT2D eigenvalue weighted by Crippen LogP contribution is 2.21. The summed E-state index contributed by atoms with van der Waals surface area (Å²) in [5.74, 6) is 0. The molecular formula is C8H18N2O3S. The normalized spacial score (nSPS) is 23.6. The van der Waals surface area contributed by atoms with E-state index in [1.54, 1.807) is 6.92 Å². The number of nitrogens with zero attached hydrogens (tertiary/aromatic N) is 1. The van der Waals surface area contributed by atoms with Crippen molar-refractivity contribution < 1.29 is 13.2 Å². The molecule has 1 fully saturated rings. The van der Waals surface area contributed by atoms with Gasteiger partial charge in [0, 0.05) is 13.1 Å². The second-order valence-corrected chi connectivity index (χ2v) is 5.62. The maximum Gasteiger partial charge on any atom is 0.280 e. The molecule has 0 aromatic carbocycles. The van der Waals surface area contributed by atoms with E-state index in [9.17, 15) is 8.42 Å². The smallest absolute Gasteiger partial charge is 0.280 e. The zero-order valence-corrected chi connectivity index (χ0v) is 9.73. The van der Waals surface area contributed by atoms with E-state index in [-0.39, 0.29) is 0 Å². The van der Waals surface area contributed by atoms with Gasteiger partial charge in [-0.3, -0.25) is 0 Å². The van der Waals surface area contributed by atoms with Crippen LogP contribution in [0.1, 0.15) is 20.8 Å². The Balaban J connectivity index is 2.84. The van der Waals surface area contributed by atoms with Crippen molar-refractivity contribution in [1.29, 1.82) is 0 Å². The van der Waals surface area contributed by atoms with Crippen LogP contribution in [0.25, 0.3) is 0 Å². The summed E-state index contributed by atoms with van der Waals surface area (Å²) in [5.41, 5.74) is -0.459. The van der Waals surface area contributed by atoms with E-state index in [0.29, 0.717) is 26.3 Å². The molecule has 1 saturated heterocycles. The fraction of sp³-hybridized carbons (Fsp3) is 1.00. The van der Waals surface area contributed by atoms with Crippen LogP contribution in [0, 0.1) is 0 Å². The Morgan fingerprint density at radius 2 is 2.14 bits per heavy atom. The zero-order valence-electron chi connectivity index (χ0n) is 8.91. The summed E-state index contributed by atoms with van der Waals surface area (Å²) in [6.45, 7) is 7.23. The van der Waals surface area contributed by atoms with E-state index in [4.69, 9.17) is 4.74 Å². The predicted molar refractivity (Wildman–Crippen MR) is 54.2 cm³/mol. The summed E-state index contributed by atoms with van der Waals surface area (Å²) in [6, 6.07) is 0. The van der Waals surface area contributed by atoms with Crippen LogP contribution in [0.3, 0.4) is 0 Å². The summed E-state index contributed by atoms with van der Waals surface area (Å²) in [7, 11) is -3.34. The Hall–Kier alpha value is -0.170. The summed E-state index contributed by atoms with van der Waals surface area (Å²) in [6.07, 6.45) is 0. The highest BCUT2D eigenvalue weighted by Gasteiger charge is 2.38. The lowest BCUT2D eigenvalue weighted by Crippen LogP contribution is -2.58. The van der Waals surface area contributed by atoms with E-state index in [1.807, 2.05) is 13.8 Å². The Bertz CT molecular complexity index is 287. The molecule has 1 heterocycles.